The van der Waals surface area contributed by atoms with Gasteiger partial charge in [-0.2, -0.15) is 0 Å². The van der Waals surface area contributed by atoms with E-state index in [2.05, 4.69) is 63.8 Å². The van der Waals surface area contributed by atoms with Crippen LogP contribution in [0.2, 0.25) is 0 Å². The third-order valence-corrected chi connectivity index (χ3v) is 3.37. The van der Waals surface area contributed by atoms with Gasteiger partial charge in [0.25, 0.3) is 0 Å². The Labute approximate surface area is 109 Å². The highest BCUT2D eigenvalue weighted by Gasteiger charge is 2.20. The molecule has 0 fully saturated rings. The van der Waals surface area contributed by atoms with Crippen molar-refractivity contribution in [1.29, 1.82) is 0 Å². The summed E-state index contributed by atoms with van der Waals surface area (Å²) in [5, 5.41) is 3.50. The summed E-state index contributed by atoms with van der Waals surface area (Å²) in [4.78, 5) is 4.88. The van der Waals surface area contributed by atoms with Crippen LogP contribution in [0.15, 0.2) is 0 Å². The van der Waals surface area contributed by atoms with E-state index < -0.39 is 0 Å². The van der Waals surface area contributed by atoms with Gasteiger partial charge in [0, 0.05) is 24.7 Å². The molecule has 0 aliphatic heterocycles. The Morgan fingerprint density at radius 3 is 2.00 bits per heavy atom. The molecule has 3 unspecified atom stereocenters. The van der Waals surface area contributed by atoms with Crippen molar-refractivity contribution in [2.24, 2.45) is 0 Å². The van der Waals surface area contributed by atoms with E-state index in [1.807, 2.05) is 0 Å². The predicted octanol–water partition coefficient (Wildman–Crippen LogP) is 2.04. The van der Waals surface area contributed by atoms with E-state index in [0.717, 1.165) is 19.6 Å². The minimum atomic E-state index is 0.607. The Balaban J connectivity index is 4.23. The van der Waals surface area contributed by atoms with E-state index in [4.69, 9.17) is 0 Å². The molecule has 0 saturated carbocycles. The summed E-state index contributed by atoms with van der Waals surface area (Å²) < 4.78 is 0. The summed E-state index contributed by atoms with van der Waals surface area (Å²) in [5.74, 6) is 0. The lowest BCUT2D eigenvalue weighted by molar-refractivity contribution is 0.125. The molecule has 0 radical (unpaired) electrons. The van der Waals surface area contributed by atoms with Gasteiger partial charge in [-0.25, -0.2) is 0 Å². The van der Waals surface area contributed by atoms with E-state index >= 15 is 0 Å². The van der Waals surface area contributed by atoms with Crippen molar-refractivity contribution < 1.29 is 0 Å². The van der Waals surface area contributed by atoms with Gasteiger partial charge < -0.3 is 10.2 Å². The van der Waals surface area contributed by atoms with Gasteiger partial charge in [-0.15, -0.1) is 0 Å². The summed E-state index contributed by atoms with van der Waals surface area (Å²) in [6.07, 6.45) is 1.22. The molecule has 0 aromatic carbocycles. The maximum Gasteiger partial charge on any atom is 0.0197 e. The predicted molar refractivity (Wildman–Crippen MR) is 77.6 cm³/mol. The van der Waals surface area contributed by atoms with Crippen LogP contribution in [0.5, 0.6) is 0 Å². The van der Waals surface area contributed by atoms with Crippen LogP contribution in [0.1, 0.15) is 41.0 Å². The first kappa shape index (κ1) is 16.9. The molecule has 0 aliphatic rings. The summed E-state index contributed by atoms with van der Waals surface area (Å²) in [7, 11) is 4.30. The molecular formula is C14H33N3. The number of hydrogen-bond acceptors (Lipinski definition) is 3. The fourth-order valence-electron chi connectivity index (χ4n) is 2.77. The first-order valence-corrected chi connectivity index (χ1v) is 7.06. The minimum Gasteiger partial charge on any atom is -0.314 e. The van der Waals surface area contributed by atoms with Gasteiger partial charge in [-0.3, -0.25) is 4.90 Å². The number of likely N-dealkylation sites (N-methyl/N-ethyl adjacent to an activating group) is 2. The first-order chi connectivity index (χ1) is 7.92. The Kier molecular flexibility index (Phi) is 8.83. The van der Waals surface area contributed by atoms with Gasteiger partial charge in [-0.05, 0) is 54.4 Å². The highest BCUT2D eigenvalue weighted by Crippen LogP contribution is 2.11. The van der Waals surface area contributed by atoms with E-state index in [-0.39, 0.29) is 0 Å². The van der Waals surface area contributed by atoms with Crippen molar-refractivity contribution in [3.63, 3.8) is 0 Å². The second kappa shape index (κ2) is 8.90. The Bertz CT molecular complexity index is 182. The highest BCUT2D eigenvalue weighted by molar-refractivity contribution is 4.77. The molecule has 3 heteroatoms. The van der Waals surface area contributed by atoms with Gasteiger partial charge in [0.15, 0.2) is 0 Å². The molecule has 0 rings (SSSR count). The van der Waals surface area contributed by atoms with Gasteiger partial charge in [0.05, 0.1) is 0 Å². The molecule has 17 heavy (non-hydrogen) atoms. The number of hydrogen-bond donors (Lipinski definition) is 1. The van der Waals surface area contributed by atoms with E-state index in [9.17, 15) is 0 Å². The molecule has 0 bridgehead atoms. The molecule has 0 aromatic heterocycles. The zero-order valence-electron chi connectivity index (χ0n) is 13.0. The Morgan fingerprint density at radius 2 is 1.59 bits per heavy atom. The lowest BCUT2D eigenvalue weighted by atomic mass is 10.1. The van der Waals surface area contributed by atoms with Crippen LogP contribution in [0.25, 0.3) is 0 Å². The van der Waals surface area contributed by atoms with Crippen LogP contribution in [-0.4, -0.2) is 61.7 Å². The Hall–Kier alpha value is -0.120. The largest absolute Gasteiger partial charge is 0.314 e. The van der Waals surface area contributed by atoms with Crippen molar-refractivity contribution in [3.8, 4) is 0 Å². The first-order valence-electron chi connectivity index (χ1n) is 7.06. The molecule has 3 atom stereocenters. The van der Waals surface area contributed by atoms with Crippen LogP contribution in [-0.2, 0) is 0 Å². The molecule has 3 nitrogen and oxygen atoms in total. The van der Waals surface area contributed by atoms with Gasteiger partial charge in [0.2, 0.25) is 0 Å². The second-order valence-corrected chi connectivity index (χ2v) is 5.49. The van der Waals surface area contributed by atoms with Crippen molar-refractivity contribution in [3.05, 3.63) is 0 Å². The molecule has 0 aliphatic carbocycles. The van der Waals surface area contributed by atoms with Crippen LogP contribution < -0.4 is 5.32 Å². The van der Waals surface area contributed by atoms with Crippen LogP contribution in [0.4, 0.5) is 0 Å². The number of nitrogens with zero attached hydrogens (tertiary/aromatic N) is 2. The zero-order valence-corrected chi connectivity index (χ0v) is 13.0. The molecule has 1 N–H and O–H groups in total. The zero-order chi connectivity index (χ0) is 13.4. The summed E-state index contributed by atoms with van der Waals surface area (Å²) in [6.45, 7) is 14.7. The van der Waals surface area contributed by atoms with Crippen LogP contribution in [0.3, 0.4) is 0 Å². The SMILES string of the molecule is CCNC(C)CC(C)N(CC)C(C)CN(C)C. The third-order valence-electron chi connectivity index (χ3n) is 3.37. The van der Waals surface area contributed by atoms with Gasteiger partial charge >= 0.3 is 0 Å². The molecule has 104 valence electrons. The Morgan fingerprint density at radius 1 is 1.00 bits per heavy atom. The lowest BCUT2D eigenvalue weighted by Gasteiger charge is -2.36. The molecule has 0 amide bonds. The summed E-state index contributed by atoms with van der Waals surface area (Å²) >= 11 is 0. The summed E-state index contributed by atoms with van der Waals surface area (Å²) in [6, 6.07) is 1.87. The average Bonchev–Trinajstić information content (AvgIpc) is 2.17. The number of nitrogens with one attached hydrogen (secondary N) is 1. The van der Waals surface area contributed by atoms with Crippen LogP contribution >= 0.6 is 0 Å². The van der Waals surface area contributed by atoms with Crippen molar-refractivity contribution in [1.82, 2.24) is 15.1 Å². The quantitative estimate of drug-likeness (QED) is 0.668. The fraction of sp³-hybridized carbons (Fsp3) is 1.00. The maximum absolute atomic E-state index is 3.50. The van der Waals surface area contributed by atoms with Gasteiger partial charge in [-0.1, -0.05) is 13.8 Å². The topological polar surface area (TPSA) is 18.5 Å². The van der Waals surface area contributed by atoms with Crippen molar-refractivity contribution in [2.45, 2.75) is 59.2 Å². The normalized spacial score (nSPS) is 17.5. The van der Waals surface area contributed by atoms with E-state index in [0.29, 0.717) is 18.1 Å². The second-order valence-electron chi connectivity index (χ2n) is 5.49. The third kappa shape index (κ3) is 7.02. The summed E-state index contributed by atoms with van der Waals surface area (Å²) in [5.41, 5.74) is 0. The molecular weight excluding hydrogens is 210 g/mol. The average molecular weight is 243 g/mol. The monoisotopic (exact) mass is 243 g/mol. The number of rotatable bonds is 9. The smallest absolute Gasteiger partial charge is 0.0197 e. The molecule has 0 aromatic rings. The van der Waals surface area contributed by atoms with Crippen molar-refractivity contribution >= 4 is 0 Å². The van der Waals surface area contributed by atoms with E-state index in [1.165, 1.54) is 6.42 Å². The van der Waals surface area contributed by atoms with Crippen molar-refractivity contribution in [2.75, 3.05) is 33.7 Å². The van der Waals surface area contributed by atoms with Crippen LogP contribution in [0, 0.1) is 0 Å². The fourth-order valence-corrected chi connectivity index (χ4v) is 2.77. The minimum absolute atomic E-state index is 0.607. The highest BCUT2D eigenvalue weighted by atomic mass is 15.2. The van der Waals surface area contributed by atoms with E-state index in [1.54, 1.807) is 0 Å². The maximum atomic E-state index is 3.50. The van der Waals surface area contributed by atoms with Gasteiger partial charge in [0.1, 0.15) is 0 Å². The lowest BCUT2D eigenvalue weighted by Crippen LogP contribution is -2.47. The molecule has 0 heterocycles. The molecule has 0 saturated heterocycles. The molecule has 0 spiro atoms. The standard InChI is InChI=1S/C14H33N3/c1-8-15-12(3)10-13(4)17(9-2)14(5)11-16(6)7/h12-15H,8-11H2,1-7H3.